The molecule has 0 amide bonds. The molecule has 3 rings (SSSR count). The van der Waals surface area contributed by atoms with Crippen LogP contribution in [0.25, 0.3) is 0 Å². The van der Waals surface area contributed by atoms with Crippen molar-refractivity contribution in [3.8, 4) is 11.5 Å². The quantitative estimate of drug-likeness (QED) is 0.596. The van der Waals surface area contributed by atoms with Crippen LogP contribution in [-0.2, 0) is 27.1 Å². The fourth-order valence-electron chi connectivity index (χ4n) is 2.93. The fraction of sp³-hybridized carbons (Fsp3) is 0.333. The Kier molecular flexibility index (Phi) is 6.21. The molecule has 0 saturated carbocycles. The van der Waals surface area contributed by atoms with Crippen LogP contribution in [0, 0.1) is 6.92 Å². The number of rotatable bonds is 7. The van der Waals surface area contributed by atoms with Gasteiger partial charge in [-0.1, -0.05) is 23.8 Å². The topological polar surface area (TPSA) is 82.1 Å². The standard InChI is InChI=1S/C21H22O6/c1-14-2-4-19-16(10-14)13-18(23)17-11-15(3-5-20(17)27-19)12-21(24)26-9-8-25-7-6-22/h2-5,10-11,22H,6-9,12-13H2,1H3. The van der Waals surface area contributed by atoms with Gasteiger partial charge in [-0.05, 0) is 30.7 Å². The molecule has 6 heteroatoms. The van der Waals surface area contributed by atoms with Crippen LogP contribution in [0.4, 0.5) is 0 Å². The predicted octanol–water partition coefficient (Wildman–Crippen LogP) is 2.62. The molecule has 0 aliphatic carbocycles. The summed E-state index contributed by atoms with van der Waals surface area (Å²) in [5.74, 6) is 0.741. The lowest BCUT2D eigenvalue weighted by molar-refractivity contribution is -0.144. The number of esters is 1. The van der Waals surface area contributed by atoms with Crippen LogP contribution in [0.5, 0.6) is 11.5 Å². The molecular formula is C21H22O6. The molecule has 0 fully saturated rings. The van der Waals surface area contributed by atoms with E-state index in [0.717, 1.165) is 11.1 Å². The van der Waals surface area contributed by atoms with Gasteiger partial charge < -0.3 is 19.3 Å². The summed E-state index contributed by atoms with van der Waals surface area (Å²) in [4.78, 5) is 24.6. The van der Waals surface area contributed by atoms with Crippen molar-refractivity contribution < 1.29 is 28.9 Å². The molecule has 2 aromatic rings. The summed E-state index contributed by atoms with van der Waals surface area (Å²) in [5.41, 5.74) is 3.09. The minimum absolute atomic E-state index is 0.0398. The van der Waals surface area contributed by atoms with E-state index in [0.29, 0.717) is 22.6 Å². The van der Waals surface area contributed by atoms with Gasteiger partial charge in [0.25, 0.3) is 0 Å². The minimum Gasteiger partial charge on any atom is -0.463 e. The van der Waals surface area contributed by atoms with Crippen molar-refractivity contribution in [1.82, 2.24) is 0 Å². The molecule has 0 radical (unpaired) electrons. The van der Waals surface area contributed by atoms with Gasteiger partial charge in [-0.2, -0.15) is 0 Å². The molecule has 1 aliphatic rings. The van der Waals surface area contributed by atoms with Crippen molar-refractivity contribution in [2.75, 3.05) is 26.4 Å². The first-order valence-corrected chi connectivity index (χ1v) is 8.84. The van der Waals surface area contributed by atoms with E-state index in [4.69, 9.17) is 19.3 Å². The van der Waals surface area contributed by atoms with Gasteiger partial charge in [0.15, 0.2) is 5.78 Å². The molecule has 1 aliphatic heterocycles. The normalized spacial score (nSPS) is 12.6. The second kappa shape index (κ2) is 8.79. The zero-order valence-corrected chi connectivity index (χ0v) is 15.2. The maximum Gasteiger partial charge on any atom is 0.310 e. The number of aliphatic hydroxyl groups excluding tert-OH is 1. The Labute approximate surface area is 157 Å². The summed E-state index contributed by atoms with van der Waals surface area (Å²) in [6.07, 6.45) is 0.326. The third-order valence-corrected chi connectivity index (χ3v) is 4.21. The Balaban J connectivity index is 1.67. The molecule has 1 heterocycles. The van der Waals surface area contributed by atoms with Gasteiger partial charge in [-0.3, -0.25) is 9.59 Å². The predicted molar refractivity (Wildman–Crippen MR) is 98.3 cm³/mol. The third kappa shape index (κ3) is 4.93. The number of ether oxygens (including phenoxy) is 3. The highest BCUT2D eigenvalue weighted by molar-refractivity contribution is 6.01. The molecule has 6 nitrogen and oxygen atoms in total. The van der Waals surface area contributed by atoms with E-state index in [9.17, 15) is 9.59 Å². The Morgan fingerprint density at radius 3 is 2.74 bits per heavy atom. The average Bonchev–Trinajstić information content (AvgIpc) is 2.77. The van der Waals surface area contributed by atoms with Crippen molar-refractivity contribution in [3.63, 3.8) is 0 Å². The van der Waals surface area contributed by atoms with E-state index in [1.165, 1.54) is 0 Å². The smallest absolute Gasteiger partial charge is 0.310 e. The summed E-state index contributed by atoms with van der Waals surface area (Å²) in [6, 6.07) is 10.9. The molecule has 0 unspecified atom stereocenters. The van der Waals surface area contributed by atoms with Gasteiger partial charge in [0, 0.05) is 12.0 Å². The van der Waals surface area contributed by atoms with Gasteiger partial charge >= 0.3 is 5.97 Å². The van der Waals surface area contributed by atoms with Crippen molar-refractivity contribution >= 4 is 11.8 Å². The summed E-state index contributed by atoms with van der Waals surface area (Å²) in [7, 11) is 0. The molecule has 2 aromatic carbocycles. The van der Waals surface area contributed by atoms with Crippen molar-refractivity contribution in [1.29, 1.82) is 0 Å². The maximum atomic E-state index is 12.7. The van der Waals surface area contributed by atoms with Gasteiger partial charge in [0.1, 0.15) is 18.1 Å². The summed E-state index contributed by atoms with van der Waals surface area (Å²) < 4.78 is 16.0. The van der Waals surface area contributed by atoms with Crippen LogP contribution in [-0.4, -0.2) is 43.3 Å². The van der Waals surface area contributed by atoms with E-state index in [-0.39, 0.29) is 45.1 Å². The van der Waals surface area contributed by atoms with E-state index in [2.05, 4.69) is 0 Å². The molecule has 1 N–H and O–H groups in total. The van der Waals surface area contributed by atoms with E-state index in [1.54, 1.807) is 18.2 Å². The molecular weight excluding hydrogens is 348 g/mol. The van der Waals surface area contributed by atoms with E-state index >= 15 is 0 Å². The number of benzene rings is 2. The molecule has 0 aromatic heterocycles. The number of carbonyl (C=O) groups is 2. The Bertz CT molecular complexity index is 843. The zero-order chi connectivity index (χ0) is 19.2. The van der Waals surface area contributed by atoms with Crippen LogP contribution in [0.1, 0.15) is 27.0 Å². The second-order valence-corrected chi connectivity index (χ2v) is 6.38. The fourth-order valence-corrected chi connectivity index (χ4v) is 2.93. The van der Waals surface area contributed by atoms with E-state index in [1.807, 2.05) is 25.1 Å². The number of hydrogen-bond donors (Lipinski definition) is 1. The largest absolute Gasteiger partial charge is 0.463 e. The Hall–Kier alpha value is -2.70. The first-order chi connectivity index (χ1) is 13.1. The third-order valence-electron chi connectivity index (χ3n) is 4.21. The lowest BCUT2D eigenvalue weighted by Gasteiger charge is -2.10. The molecule has 27 heavy (non-hydrogen) atoms. The lowest BCUT2D eigenvalue weighted by atomic mass is 9.99. The molecule has 0 spiro atoms. The molecule has 0 saturated heterocycles. The number of fused-ring (bicyclic) bond motifs is 2. The minimum atomic E-state index is -0.400. The second-order valence-electron chi connectivity index (χ2n) is 6.38. The Morgan fingerprint density at radius 1 is 1.11 bits per heavy atom. The van der Waals surface area contributed by atoms with Gasteiger partial charge in [0.05, 0.1) is 31.8 Å². The van der Waals surface area contributed by atoms with Gasteiger partial charge in [-0.15, -0.1) is 0 Å². The highest BCUT2D eigenvalue weighted by Crippen LogP contribution is 2.34. The van der Waals surface area contributed by atoms with Crippen molar-refractivity contribution in [2.45, 2.75) is 19.8 Å². The van der Waals surface area contributed by atoms with Crippen LogP contribution in [0.15, 0.2) is 36.4 Å². The number of aryl methyl sites for hydroxylation is 1. The van der Waals surface area contributed by atoms with Crippen LogP contribution in [0.3, 0.4) is 0 Å². The molecule has 142 valence electrons. The number of aliphatic hydroxyl groups is 1. The average molecular weight is 370 g/mol. The summed E-state index contributed by atoms with van der Waals surface area (Å²) in [6.45, 7) is 2.48. The highest BCUT2D eigenvalue weighted by atomic mass is 16.6. The van der Waals surface area contributed by atoms with Gasteiger partial charge in [0.2, 0.25) is 0 Å². The molecule has 0 bridgehead atoms. The number of Topliss-reactive ketones (excluding diaryl/α,β-unsaturated/α-hetero) is 1. The first kappa shape index (κ1) is 19.1. The monoisotopic (exact) mass is 370 g/mol. The van der Waals surface area contributed by atoms with Crippen LogP contribution >= 0.6 is 0 Å². The van der Waals surface area contributed by atoms with Crippen LogP contribution < -0.4 is 4.74 Å². The van der Waals surface area contributed by atoms with Gasteiger partial charge in [-0.25, -0.2) is 0 Å². The zero-order valence-electron chi connectivity index (χ0n) is 15.2. The lowest BCUT2D eigenvalue weighted by Crippen LogP contribution is -2.14. The summed E-state index contributed by atoms with van der Waals surface area (Å²) in [5, 5.41) is 8.61. The highest BCUT2D eigenvalue weighted by Gasteiger charge is 2.22. The number of ketones is 1. The Morgan fingerprint density at radius 2 is 1.93 bits per heavy atom. The number of carbonyl (C=O) groups excluding carboxylic acids is 2. The van der Waals surface area contributed by atoms with Crippen molar-refractivity contribution in [2.24, 2.45) is 0 Å². The summed E-state index contributed by atoms with van der Waals surface area (Å²) >= 11 is 0. The maximum absolute atomic E-state index is 12.7. The molecule has 0 atom stereocenters. The number of hydrogen-bond acceptors (Lipinski definition) is 6. The SMILES string of the molecule is Cc1ccc2c(c1)CC(=O)c1cc(CC(=O)OCCOCCO)ccc1O2. The van der Waals surface area contributed by atoms with E-state index < -0.39 is 5.97 Å². The van der Waals surface area contributed by atoms with Crippen LogP contribution in [0.2, 0.25) is 0 Å². The first-order valence-electron chi connectivity index (χ1n) is 8.84. The van der Waals surface area contributed by atoms with Crippen molar-refractivity contribution in [3.05, 3.63) is 58.7 Å².